The van der Waals surface area contributed by atoms with Crippen molar-refractivity contribution in [3.63, 3.8) is 0 Å². The zero-order valence-electron chi connectivity index (χ0n) is 7.33. The van der Waals surface area contributed by atoms with E-state index in [1.165, 1.54) is 12.8 Å². The van der Waals surface area contributed by atoms with Crippen LogP contribution in [0, 0.1) is 11.8 Å². The molecule has 0 saturated heterocycles. The lowest BCUT2D eigenvalue weighted by atomic mass is 9.98. The van der Waals surface area contributed by atoms with Crippen LogP contribution in [0.15, 0.2) is 0 Å². The van der Waals surface area contributed by atoms with Crippen molar-refractivity contribution in [3.8, 4) is 0 Å². The van der Waals surface area contributed by atoms with Crippen LogP contribution in [0.4, 0.5) is 0 Å². The zero-order chi connectivity index (χ0) is 8.01. The van der Waals surface area contributed by atoms with Crippen LogP contribution in [0.1, 0.15) is 19.3 Å². The molecule has 2 rings (SSSR count). The van der Waals surface area contributed by atoms with E-state index in [-0.39, 0.29) is 6.10 Å². The molecule has 2 saturated carbocycles. The topological polar surface area (TPSA) is 23.5 Å². The summed E-state index contributed by atoms with van der Waals surface area (Å²) in [7, 11) is 4.27. The van der Waals surface area contributed by atoms with Crippen LogP contribution in [0.2, 0.25) is 0 Å². The lowest BCUT2D eigenvalue weighted by molar-refractivity contribution is 0.100. The van der Waals surface area contributed by atoms with E-state index < -0.39 is 0 Å². The molecule has 0 aromatic heterocycles. The number of rotatable bonds is 1. The molecule has 1 N–H and O–H groups in total. The predicted octanol–water partition coefficient (Wildman–Crippen LogP) is 0.707. The third kappa shape index (κ3) is 1.00. The Labute approximate surface area is 68.2 Å². The van der Waals surface area contributed by atoms with Crippen LogP contribution < -0.4 is 0 Å². The highest BCUT2D eigenvalue weighted by Crippen LogP contribution is 2.46. The summed E-state index contributed by atoms with van der Waals surface area (Å²) in [5, 5.41) is 9.61. The number of hydrogen-bond donors (Lipinski definition) is 1. The standard InChI is InChI=1S/C9H17NO/c1-10(2)9-6-3-4-7(9)8(11)5-6/h6-9,11H,3-5H2,1-2H3/t6-,7+,8?,9?/m0/s1. The molecule has 0 amide bonds. The molecule has 2 heteroatoms. The van der Waals surface area contributed by atoms with E-state index in [0.29, 0.717) is 12.0 Å². The maximum Gasteiger partial charge on any atom is 0.0586 e. The van der Waals surface area contributed by atoms with Gasteiger partial charge in [-0.3, -0.25) is 0 Å². The van der Waals surface area contributed by atoms with E-state index in [9.17, 15) is 5.11 Å². The number of aliphatic hydroxyl groups is 1. The number of aliphatic hydroxyl groups excluding tert-OH is 1. The van der Waals surface area contributed by atoms with Gasteiger partial charge in [0.2, 0.25) is 0 Å². The van der Waals surface area contributed by atoms with Crippen LogP contribution in [-0.4, -0.2) is 36.2 Å². The largest absolute Gasteiger partial charge is 0.393 e. The summed E-state index contributed by atoms with van der Waals surface area (Å²) in [6.45, 7) is 0. The third-order valence-corrected chi connectivity index (χ3v) is 3.43. The molecule has 0 aromatic carbocycles. The van der Waals surface area contributed by atoms with Crippen molar-refractivity contribution >= 4 is 0 Å². The van der Waals surface area contributed by atoms with Gasteiger partial charge >= 0.3 is 0 Å². The molecule has 2 unspecified atom stereocenters. The summed E-state index contributed by atoms with van der Waals surface area (Å²) in [6, 6.07) is 0.671. The van der Waals surface area contributed by atoms with Crippen molar-refractivity contribution < 1.29 is 5.11 Å². The molecule has 0 aromatic rings. The molecular formula is C9H17NO. The van der Waals surface area contributed by atoms with Gasteiger partial charge in [-0.15, -0.1) is 0 Å². The van der Waals surface area contributed by atoms with Crippen molar-refractivity contribution in [2.75, 3.05) is 14.1 Å². The second-order valence-corrected chi connectivity index (χ2v) is 4.26. The summed E-state index contributed by atoms with van der Waals surface area (Å²) < 4.78 is 0. The summed E-state index contributed by atoms with van der Waals surface area (Å²) in [6.07, 6.45) is 3.63. The Bertz CT molecular complexity index is 158. The maximum atomic E-state index is 9.61. The Morgan fingerprint density at radius 3 is 2.27 bits per heavy atom. The highest BCUT2D eigenvalue weighted by Gasteiger charge is 2.48. The molecule has 2 fully saturated rings. The Morgan fingerprint density at radius 2 is 2.00 bits per heavy atom. The first-order valence-corrected chi connectivity index (χ1v) is 4.54. The van der Waals surface area contributed by atoms with Crippen LogP contribution in [-0.2, 0) is 0 Å². The van der Waals surface area contributed by atoms with Gasteiger partial charge in [0.1, 0.15) is 0 Å². The van der Waals surface area contributed by atoms with Gasteiger partial charge in [-0.25, -0.2) is 0 Å². The van der Waals surface area contributed by atoms with E-state index in [1.54, 1.807) is 0 Å². The van der Waals surface area contributed by atoms with Crippen molar-refractivity contribution in [2.45, 2.75) is 31.4 Å². The summed E-state index contributed by atoms with van der Waals surface area (Å²) in [5.41, 5.74) is 0. The zero-order valence-corrected chi connectivity index (χ0v) is 7.33. The Hall–Kier alpha value is -0.0800. The van der Waals surface area contributed by atoms with Crippen molar-refractivity contribution in [3.05, 3.63) is 0 Å². The monoisotopic (exact) mass is 155 g/mol. The smallest absolute Gasteiger partial charge is 0.0586 e. The van der Waals surface area contributed by atoms with Gasteiger partial charge in [-0.2, -0.15) is 0 Å². The lowest BCUT2D eigenvalue weighted by Crippen LogP contribution is -2.33. The first-order chi connectivity index (χ1) is 5.20. The van der Waals surface area contributed by atoms with Gasteiger partial charge in [0.05, 0.1) is 6.10 Å². The minimum Gasteiger partial charge on any atom is -0.393 e. The highest BCUT2D eigenvalue weighted by molar-refractivity contribution is 5.00. The average Bonchev–Trinajstić information content (AvgIpc) is 2.41. The van der Waals surface area contributed by atoms with Crippen LogP contribution in [0.25, 0.3) is 0 Å². The van der Waals surface area contributed by atoms with E-state index in [2.05, 4.69) is 19.0 Å². The summed E-state index contributed by atoms with van der Waals surface area (Å²) >= 11 is 0. The van der Waals surface area contributed by atoms with Gasteiger partial charge in [-0.05, 0) is 39.3 Å². The number of nitrogens with zero attached hydrogens (tertiary/aromatic N) is 1. The molecule has 0 radical (unpaired) electrons. The number of hydrogen-bond acceptors (Lipinski definition) is 2. The average molecular weight is 155 g/mol. The molecule has 64 valence electrons. The molecule has 11 heavy (non-hydrogen) atoms. The highest BCUT2D eigenvalue weighted by atomic mass is 16.3. The first kappa shape index (κ1) is 7.56. The molecular weight excluding hydrogens is 138 g/mol. The summed E-state index contributed by atoms with van der Waals surface area (Å²) in [5.74, 6) is 1.36. The molecule has 2 aliphatic carbocycles. The minimum absolute atomic E-state index is 0.00106. The van der Waals surface area contributed by atoms with Crippen LogP contribution in [0.5, 0.6) is 0 Å². The minimum atomic E-state index is 0.00106. The molecule has 2 aliphatic rings. The molecule has 2 nitrogen and oxygen atoms in total. The normalized spacial score (nSPS) is 49.1. The Kier molecular flexibility index (Phi) is 1.69. The third-order valence-electron chi connectivity index (χ3n) is 3.43. The van der Waals surface area contributed by atoms with Gasteiger partial charge in [0.25, 0.3) is 0 Å². The number of fused-ring (bicyclic) bond motifs is 2. The predicted molar refractivity (Wildman–Crippen MR) is 44.3 cm³/mol. The lowest BCUT2D eigenvalue weighted by Gasteiger charge is -2.24. The van der Waals surface area contributed by atoms with Crippen molar-refractivity contribution in [1.82, 2.24) is 4.90 Å². The van der Waals surface area contributed by atoms with E-state index in [4.69, 9.17) is 0 Å². The van der Waals surface area contributed by atoms with Crippen LogP contribution >= 0.6 is 0 Å². The SMILES string of the molecule is CN(C)C1[C@H]2CC[C@@H]1C(O)C2. The van der Waals surface area contributed by atoms with Gasteiger partial charge in [-0.1, -0.05) is 0 Å². The van der Waals surface area contributed by atoms with E-state index >= 15 is 0 Å². The first-order valence-electron chi connectivity index (χ1n) is 4.54. The van der Waals surface area contributed by atoms with Crippen molar-refractivity contribution in [2.24, 2.45) is 11.8 Å². The molecule has 4 atom stereocenters. The molecule has 0 heterocycles. The van der Waals surface area contributed by atoms with Crippen molar-refractivity contribution in [1.29, 1.82) is 0 Å². The van der Waals surface area contributed by atoms with Crippen LogP contribution in [0.3, 0.4) is 0 Å². The fraction of sp³-hybridized carbons (Fsp3) is 1.00. The van der Waals surface area contributed by atoms with Gasteiger partial charge < -0.3 is 10.0 Å². The fourth-order valence-electron chi connectivity index (χ4n) is 3.06. The van der Waals surface area contributed by atoms with E-state index in [0.717, 1.165) is 12.3 Å². The molecule has 0 spiro atoms. The second-order valence-electron chi connectivity index (χ2n) is 4.26. The quantitative estimate of drug-likeness (QED) is 0.602. The van der Waals surface area contributed by atoms with Gasteiger partial charge in [0.15, 0.2) is 0 Å². The molecule has 2 bridgehead atoms. The summed E-state index contributed by atoms with van der Waals surface area (Å²) in [4.78, 5) is 2.29. The van der Waals surface area contributed by atoms with E-state index in [1.807, 2.05) is 0 Å². The molecule has 0 aliphatic heterocycles. The second kappa shape index (κ2) is 2.46. The van der Waals surface area contributed by atoms with Gasteiger partial charge in [0, 0.05) is 12.0 Å². The Morgan fingerprint density at radius 1 is 1.27 bits per heavy atom. The Balaban J connectivity index is 2.13. The maximum absolute atomic E-state index is 9.61. The fourth-order valence-corrected chi connectivity index (χ4v) is 3.06.